The van der Waals surface area contributed by atoms with Gasteiger partial charge >= 0.3 is 0 Å². The Morgan fingerprint density at radius 1 is 1.07 bits per heavy atom. The van der Waals surface area contributed by atoms with Crippen LogP contribution < -0.4 is 4.74 Å². The minimum absolute atomic E-state index is 0.129. The Morgan fingerprint density at radius 2 is 1.69 bits per heavy atom. The van der Waals surface area contributed by atoms with E-state index in [1.54, 1.807) is 0 Å². The van der Waals surface area contributed by atoms with Crippen molar-refractivity contribution in [2.45, 2.75) is 37.7 Å². The zero-order chi connectivity index (χ0) is 20.8. The molecule has 0 atom stereocenters. The second-order valence-electron chi connectivity index (χ2n) is 7.13. The van der Waals surface area contributed by atoms with Gasteiger partial charge in [0.05, 0.1) is 10.2 Å². The monoisotopic (exact) mass is 438 g/mol. The lowest BCUT2D eigenvalue weighted by Crippen LogP contribution is -2.42. The molecular formula is C20H20F2N2O3S2. The van der Waals surface area contributed by atoms with Gasteiger partial charge in [-0.05, 0) is 49.9 Å². The van der Waals surface area contributed by atoms with Crippen molar-refractivity contribution in [3.8, 4) is 5.19 Å². The van der Waals surface area contributed by atoms with E-state index in [9.17, 15) is 17.2 Å². The van der Waals surface area contributed by atoms with Crippen LogP contribution in [0.25, 0.3) is 10.2 Å². The third-order valence-electron chi connectivity index (χ3n) is 5.11. The second kappa shape index (κ2) is 7.62. The van der Waals surface area contributed by atoms with Gasteiger partial charge in [0, 0.05) is 13.1 Å². The summed E-state index contributed by atoms with van der Waals surface area (Å²) in [7, 11) is -4.24. The summed E-state index contributed by atoms with van der Waals surface area (Å²) in [5, 5.41) is 0.554. The number of aromatic nitrogens is 1. The van der Waals surface area contributed by atoms with Crippen LogP contribution in [-0.2, 0) is 10.0 Å². The smallest absolute Gasteiger partial charge is 0.274 e. The summed E-state index contributed by atoms with van der Waals surface area (Å²) >= 11 is 1.47. The number of ether oxygens (including phenoxy) is 1. The third-order valence-corrected chi connectivity index (χ3v) is 8.14. The number of halogens is 2. The van der Waals surface area contributed by atoms with Crippen LogP contribution in [0.3, 0.4) is 0 Å². The van der Waals surface area contributed by atoms with E-state index in [0.717, 1.165) is 43.8 Å². The molecule has 0 spiro atoms. The summed E-state index contributed by atoms with van der Waals surface area (Å²) in [5.41, 5.74) is 3.12. The molecule has 5 nitrogen and oxygen atoms in total. The molecule has 0 saturated carbocycles. The Hall–Kier alpha value is -2.10. The zero-order valence-corrected chi connectivity index (χ0v) is 17.6. The highest BCUT2D eigenvalue weighted by atomic mass is 32.2. The number of benzene rings is 2. The number of hydrogen-bond acceptors (Lipinski definition) is 5. The maximum absolute atomic E-state index is 14.0. The lowest BCUT2D eigenvalue weighted by Gasteiger charge is -2.30. The zero-order valence-electron chi connectivity index (χ0n) is 16.0. The Balaban J connectivity index is 1.47. The number of thiazole rings is 1. The third kappa shape index (κ3) is 3.74. The van der Waals surface area contributed by atoms with Gasteiger partial charge in [0.2, 0.25) is 10.0 Å². The molecule has 29 heavy (non-hydrogen) atoms. The number of aryl methyl sites for hydroxylation is 2. The number of rotatable bonds is 4. The van der Waals surface area contributed by atoms with Gasteiger partial charge in [-0.1, -0.05) is 29.5 Å². The largest absolute Gasteiger partial charge is 0.467 e. The summed E-state index contributed by atoms with van der Waals surface area (Å²) in [4.78, 5) is 3.68. The summed E-state index contributed by atoms with van der Waals surface area (Å²) < 4.78 is 61.5. The summed E-state index contributed by atoms with van der Waals surface area (Å²) in [6.07, 6.45) is 0.639. The Kier molecular flexibility index (Phi) is 5.30. The molecule has 0 radical (unpaired) electrons. The van der Waals surface area contributed by atoms with E-state index in [4.69, 9.17) is 4.74 Å². The van der Waals surface area contributed by atoms with Gasteiger partial charge in [-0.15, -0.1) is 0 Å². The normalized spacial score (nSPS) is 16.4. The van der Waals surface area contributed by atoms with E-state index in [1.165, 1.54) is 11.3 Å². The summed E-state index contributed by atoms with van der Waals surface area (Å²) in [6.45, 7) is 4.28. The first-order valence-corrected chi connectivity index (χ1v) is 11.5. The molecule has 1 saturated heterocycles. The van der Waals surface area contributed by atoms with Crippen LogP contribution in [0.5, 0.6) is 5.19 Å². The van der Waals surface area contributed by atoms with Crippen LogP contribution in [0.15, 0.2) is 35.2 Å². The van der Waals surface area contributed by atoms with Gasteiger partial charge in [-0.2, -0.15) is 4.31 Å². The number of fused-ring (bicyclic) bond motifs is 1. The maximum atomic E-state index is 14.0. The predicted molar refractivity (Wildman–Crippen MR) is 108 cm³/mol. The molecule has 1 aromatic heterocycles. The standard InChI is InChI=1S/C20H20F2N2O3S2/c1-12-6-7-13(2)18-17(12)23-20(28-18)27-14-8-10-24(11-9-14)29(25,26)19-15(21)4-3-5-16(19)22/h3-7,14H,8-11H2,1-2H3. The highest BCUT2D eigenvalue weighted by molar-refractivity contribution is 7.89. The van der Waals surface area contributed by atoms with Crippen molar-refractivity contribution in [2.75, 3.05) is 13.1 Å². The number of hydrogen-bond donors (Lipinski definition) is 0. The first kappa shape index (κ1) is 20.2. The first-order valence-electron chi connectivity index (χ1n) is 9.25. The number of piperidine rings is 1. The molecule has 1 fully saturated rings. The Morgan fingerprint density at radius 3 is 2.31 bits per heavy atom. The van der Waals surface area contributed by atoms with Gasteiger partial charge in [0.1, 0.15) is 17.7 Å². The van der Waals surface area contributed by atoms with Gasteiger partial charge < -0.3 is 4.74 Å². The molecule has 2 heterocycles. The predicted octanol–water partition coefficient (Wildman–Crippen LogP) is 4.42. The number of nitrogens with zero attached hydrogens (tertiary/aromatic N) is 2. The van der Waals surface area contributed by atoms with E-state index >= 15 is 0 Å². The molecule has 9 heteroatoms. The molecule has 0 N–H and O–H groups in total. The molecule has 3 aromatic rings. The van der Waals surface area contributed by atoms with Crippen molar-refractivity contribution in [1.29, 1.82) is 0 Å². The van der Waals surface area contributed by atoms with Crippen LogP contribution in [-0.4, -0.2) is 36.9 Å². The molecular weight excluding hydrogens is 418 g/mol. The maximum Gasteiger partial charge on any atom is 0.274 e. The highest BCUT2D eigenvalue weighted by Gasteiger charge is 2.34. The SMILES string of the molecule is Cc1ccc(C)c2sc(OC3CCN(S(=O)(=O)c4c(F)cccc4F)CC3)nc12. The first-order chi connectivity index (χ1) is 13.8. The van der Waals surface area contributed by atoms with Crippen molar-refractivity contribution in [3.05, 3.63) is 53.1 Å². The van der Waals surface area contributed by atoms with E-state index in [2.05, 4.69) is 4.98 Å². The molecule has 0 amide bonds. The molecule has 1 aliphatic heterocycles. The van der Waals surface area contributed by atoms with Crippen LogP contribution in [0.1, 0.15) is 24.0 Å². The van der Waals surface area contributed by atoms with Crippen molar-refractivity contribution >= 4 is 31.6 Å². The average Bonchev–Trinajstić information content (AvgIpc) is 3.10. The van der Waals surface area contributed by atoms with Crippen LogP contribution in [0.4, 0.5) is 8.78 Å². The Bertz CT molecular complexity index is 1110. The van der Waals surface area contributed by atoms with Crippen molar-refractivity contribution in [3.63, 3.8) is 0 Å². The summed E-state index contributed by atoms with van der Waals surface area (Å²) in [5.74, 6) is -2.16. The molecule has 0 aliphatic carbocycles. The molecule has 154 valence electrons. The van der Waals surface area contributed by atoms with Crippen LogP contribution >= 0.6 is 11.3 Å². The van der Waals surface area contributed by atoms with Gasteiger partial charge in [0.25, 0.3) is 5.19 Å². The fourth-order valence-electron chi connectivity index (χ4n) is 3.48. The van der Waals surface area contributed by atoms with Gasteiger partial charge in [-0.3, -0.25) is 0 Å². The Labute approximate surface area is 172 Å². The fraction of sp³-hybridized carbons (Fsp3) is 0.350. The minimum Gasteiger partial charge on any atom is -0.467 e. The van der Waals surface area contributed by atoms with E-state index in [0.29, 0.717) is 18.0 Å². The molecule has 0 unspecified atom stereocenters. The lowest BCUT2D eigenvalue weighted by molar-refractivity contribution is 0.134. The minimum atomic E-state index is -4.24. The molecule has 4 rings (SSSR count). The van der Waals surface area contributed by atoms with E-state index in [1.807, 2.05) is 26.0 Å². The van der Waals surface area contributed by atoms with Gasteiger partial charge in [0.15, 0.2) is 4.90 Å². The van der Waals surface area contributed by atoms with Crippen molar-refractivity contribution < 1.29 is 21.9 Å². The fourth-order valence-corrected chi connectivity index (χ4v) is 6.09. The van der Waals surface area contributed by atoms with Crippen molar-refractivity contribution in [2.24, 2.45) is 0 Å². The number of sulfonamides is 1. The topological polar surface area (TPSA) is 59.5 Å². The summed E-state index contributed by atoms with van der Waals surface area (Å²) in [6, 6.07) is 7.11. The molecule has 1 aliphatic rings. The van der Waals surface area contributed by atoms with Crippen LogP contribution in [0, 0.1) is 25.5 Å². The van der Waals surface area contributed by atoms with E-state index in [-0.39, 0.29) is 19.2 Å². The molecule has 0 bridgehead atoms. The van der Waals surface area contributed by atoms with Gasteiger partial charge in [-0.25, -0.2) is 22.2 Å². The molecule has 2 aromatic carbocycles. The lowest BCUT2D eigenvalue weighted by atomic mass is 10.1. The quantitative estimate of drug-likeness (QED) is 0.605. The van der Waals surface area contributed by atoms with Crippen LogP contribution in [0.2, 0.25) is 0 Å². The van der Waals surface area contributed by atoms with Crippen molar-refractivity contribution in [1.82, 2.24) is 9.29 Å². The van der Waals surface area contributed by atoms with E-state index < -0.39 is 26.6 Å². The average molecular weight is 439 g/mol. The highest BCUT2D eigenvalue weighted by Crippen LogP contribution is 2.34. The second-order valence-corrected chi connectivity index (χ2v) is 9.97.